The van der Waals surface area contributed by atoms with Gasteiger partial charge in [0.1, 0.15) is 11.6 Å². The van der Waals surface area contributed by atoms with Crippen LogP contribution in [-0.4, -0.2) is 53.8 Å². The van der Waals surface area contributed by atoms with Gasteiger partial charge >= 0.3 is 18.0 Å². The Morgan fingerprint density at radius 1 is 1.04 bits per heavy atom. The number of amides is 1. The smallest absolute Gasteiger partial charge is 0.410 e. The lowest BCUT2D eigenvalue weighted by molar-refractivity contribution is -0.148. The van der Waals surface area contributed by atoms with Gasteiger partial charge in [-0.25, -0.2) is 14.4 Å². The number of carboxylic acids is 1. The van der Waals surface area contributed by atoms with Gasteiger partial charge in [0.15, 0.2) is 0 Å². The Morgan fingerprint density at radius 3 is 1.92 bits per heavy atom. The third kappa shape index (κ3) is 4.97. The Bertz CT molecular complexity index is 672. The normalized spacial score (nSPS) is 12.9. The van der Waals surface area contributed by atoms with Gasteiger partial charge in [-0.1, -0.05) is 26.0 Å². The first kappa shape index (κ1) is 21.5. The lowest BCUT2D eigenvalue weighted by atomic mass is 9.77. The van der Waals surface area contributed by atoms with Crippen LogP contribution in [0.5, 0.6) is 0 Å². The number of hydrogen-bond acceptors (Lipinski definition) is 5. The summed E-state index contributed by atoms with van der Waals surface area (Å²) in [7, 11) is 2.73. The van der Waals surface area contributed by atoms with Crippen LogP contribution in [0.3, 0.4) is 0 Å². The number of carbonyl (C=O) groups is 3. The molecule has 0 fully saturated rings. The van der Waals surface area contributed by atoms with E-state index in [1.54, 1.807) is 46.8 Å². The Kier molecular flexibility index (Phi) is 6.41. The lowest BCUT2D eigenvalue weighted by Gasteiger charge is -2.39. The van der Waals surface area contributed by atoms with Gasteiger partial charge in [-0.05, 0) is 38.5 Å². The summed E-state index contributed by atoms with van der Waals surface area (Å²) >= 11 is 0. The van der Waals surface area contributed by atoms with Gasteiger partial charge in [-0.2, -0.15) is 0 Å². The minimum atomic E-state index is -1.04. The molecule has 1 N–H and O–H groups in total. The van der Waals surface area contributed by atoms with Crippen LogP contribution >= 0.6 is 0 Å². The van der Waals surface area contributed by atoms with Gasteiger partial charge in [0.05, 0.1) is 12.7 Å². The molecule has 7 heteroatoms. The fourth-order valence-corrected chi connectivity index (χ4v) is 2.69. The number of esters is 1. The minimum Gasteiger partial charge on any atom is -0.478 e. The van der Waals surface area contributed by atoms with Gasteiger partial charge in [0, 0.05) is 12.5 Å². The van der Waals surface area contributed by atoms with E-state index in [1.807, 2.05) is 0 Å². The monoisotopic (exact) mass is 365 g/mol. The van der Waals surface area contributed by atoms with Crippen LogP contribution in [0, 0.1) is 0 Å². The first-order valence-corrected chi connectivity index (χ1v) is 8.18. The number of ether oxygens (including phenoxy) is 2. The van der Waals surface area contributed by atoms with Gasteiger partial charge in [-0.3, -0.25) is 4.90 Å². The maximum atomic E-state index is 12.5. The van der Waals surface area contributed by atoms with Gasteiger partial charge < -0.3 is 14.6 Å². The van der Waals surface area contributed by atoms with E-state index in [9.17, 15) is 14.4 Å². The number of aromatic carboxylic acids is 1. The molecule has 0 spiro atoms. The largest absolute Gasteiger partial charge is 0.478 e. The molecule has 144 valence electrons. The average molecular weight is 365 g/mol. The minimum absolute atomic E-state index is 0.139. The zero-order valence-electron chi connectivity index (χ0n) is 16.3. The third-order valence-electron chi connectivity index (χ3n) is 4.05. The summed E-state index contributed by atoms with van der Waals surface area (Å²) in [5, 5.41) is 9.04. The fraction of sp³-hybridized carbons (Fsp3) is 0.526. The Balaban J connectivity index is 3.27. The Morgan fingerprint density at radius 2 is 1.54 bits per heavy atom. The van der Waals surface area contributed by atoms with Crippen molar-refractivity contribution in [3.05, 3.63) is 35.4 Å². The van der Waals surface area contributed by atoms with E-state index in [-0.39, 0.29) is 5.56 Å². The van der Waals surface area contributed by atoms with Crippen molar-refractivity contribution in [2.24, 2.45) is 0 Å². The summed E-state index contributed by atoms with van der Waals surface area (Å²) in [6, 6.07) is 5.21. The molecule has 1 atom stereocenters. The standard InChI is InChI=1S/C19H27NO6/c1-18(2,3)26-17(24)20(6)14(16(23)25-7)19(4,5)13-10-8-12(9-11-13)15(21)22/h8-11,14H,1-7H3,(H,21,22). The highest BCUT2D eigenvalue weighted by molar-refractivity contribution is 5.87. The van der Waals surface area contributed by atoms with E-state index in [0.717, 1.165) is 0 Å². The maximum absolute atomic E-state index is 12.5. The number of likely N-dealkylation sites (N-methyl/N-ethyl adjacent to an activating group) is 1. The van der Waals surface area contributed by atoms with Crippen LogP contribution in [0.1, 0.15) is 50.5 Å². The zero-order valence-corrected chi connectivity index (χ0v) is 16.3. The van der Waals surface area contributed by atoms with Gasteiger partial charge in [0.25, 0.3) is 0 Å². The van der Waals surface area contributed by atoms with Gasteiger partial charge in [-0.15, -0.1) is 0 Å². The van der Waals surface area contributed by atoms with Crippen molar-refractivity contribution in [2.75, 3.05) is 14.2 Å². The molecule has 0 aliphatic heterocycles. The van der Waals surface area contributed by atoms with Crippen molar-refractivity contribution < 1.29 is 29.0 Å². The molecule has 1 aromatic carbocycles. The van der Waals surface area contributed by atoms with Crippen LogP contribution in [0.4, 0.5) is 4.79 Å². The highest BCUT2D eigenvalue weighted by Crippen LogP contribution is 2.32. The lowest BCUT2D eigenvalue weighted by Crippen LogP contribution is -2.54. The second-order valence-electron chi connectivity index (χ2n) is 7.62. The summed E-state index contributed by atoms with van der Waals surface area (Å²) in [6.45, 7) is 8.78. The molecule has 0 aliphatic rings. The van der Waals surface area contributed by atoms with E-state index in [0.29, 0.717) is 5.56 Å². The number of methoxy groups -OCH3 is 1. The maximum Gasteiger partial charge on any atom is 0.410 e. The molecular weight excluding hydrogens is 338 g/mol. The van der Waals surface area contributed by atoms with E-state index in [2.05, 4.69) is 0 Å². The summed E-state index contributed by atoms with van der Waals surface area (Å²) in [4.78, 5) is 37.2. The molecule has 1 rings (SSSR count). The quantitative estimate of drug-likeness (QED) is 0.806. The Labute approximate surface area is 153 Å². The number of rotatable bonds is 5. The van der Waals surface area contributed by atoms with Crippen LogP contribution in [0.2, 0.25) is 0 Å². The molecule has 0 saturated carbocycles. The predicted molar refractivity (Wildman–Crippen MR) is 96.2 cm³/mol. The number of nitrogens with zero attached hydrogens (tertiary/aromatic N) is 1. The van der Waals surface area contributed by atoms with E-state index >= 15 is 0 Å². The highest BCUT2D eigenvalue weighted by atomic mass is 16.6. The summed E-state index contributed by atoms with van der Waals surface area (Å²) < 4.78 is 10.3. The van der Waals surface area contributed by atoms with Crippen LogP contribution < -0.4 is 0 Å². The SMILES string of the molecule is COC(=O)C(N(C)C(=O)OC(C)(C)C)C(C)(C)c1ccc(C(=O)O)cc1. The van der Waals surface area contributed by atoms with Crippen LogP contribution in [0.15, 0.2) is 24.3 Å². The molecule has 1 unspecified atom stereocenters. The first-order valence-electron chi connectivity index (χ1n) is 8.18. The highest BCUT2D eigenvalue weighted by Gasteiger charge is 2.43. The number of carboxylic acid groups (broad SMARTS) is 1. The van der Waals surface area contributed by atoms with Crippen LogP contribution in [0.25, 0.3) is 0 Å². The molecule has 0 bridgehead atoms. The number of carbonyl (C=O) groups excluding carboxylic acids is 2. The molecule has 26 heavy (non-hydrogen) atoms. The van der Waals surface area contributed by atoms with Crippen molar-refractivity contribution in [1.29, 1.82) is 0 Å². The first-order chi connectivity index (χ1) is 11.8. The van der Waals surface area contributed by atoms with E-state index < -0.39 is 35.1 Å². The van der Waals surface area contributed by atoms with Crippen molar-refractivity contribution in [3.63, 3.8) is 0 Å². The van der Waals surface area contributed by atoms with E-state index in [1.165, 1.54) is 31.2 Å². The predicted octanol–water partition coefficient (Wildman–Crippen LogP) is 3.07. The Hall–Kier alpha value is -2.57. The fourth-order valence-electron chi connectivity index (χ4n) is 2.69. The molecule has 0 aliphatic carbocycles. The molecule has 7 nitrogen and oxygen atoms in total. The second kappa shape index (κ2) is 7.76. The van der Waals surface area contributed by atoms with E-state index in [4.69, 9.17) is 14.6 Å². The average Bonchev–Trinajstić information content (AvgIpc) is 2.52. The van der Waals surface area contributed by atoms with Gasteiger partial charge in [0.2, 0.25) is 0 Å². The third-order valence-corrected chi connectivity index (χ3v) is 4.05. The molecule has 1 amide bonds. The molecule has 0 aromatic heterocycles. The topological polar surface area (TPSA) is 93.1 Å². The van der Waals surface area contributed by atoms with Crippen molar-refractivity contribution >= 4 is 18.0 Å². The van der Waals surface area contributed by atoms with Crippen molar-refractivity contribution in [1.82, 2.24) is 4.90 Å². The second-order valence-corrected chi connectivity index (χ2v) is 7.62. The molecule has 1 aromatic rings. The van der Waals surface area contributed by atoms with Crippen molar-refractivity contribution in [3.8, 4) is 0 Å². The number of hydrogen-bond donors (Lipinski definition) is 1. The van der Waals surface area contributed by atoms with Crippen LogP contribution in [-0.2, 0) is 19.7 Å². The summed E-state index contributed by atoms with van der Waals surface area (Å²) in [6.07, 6.45) is -0.650. The molecular formula is C19H27NO6. The summed E-state index contributed by atoms with van der Waals surface area (Å²) in [5.41, 5.74) is -0.734. The number of benzene rings is 1. The van der Waals surface area contributed by atoms with Crippen molar-refractivity contribution in [2.45, 2.75) is 51.7 Å². The zero-order chi connectivity index (χ0) is 20.3. The molecule has 0 heterocycles. The molecule has 0 saturated heterocycles. The summed E-state index contributed by atoms with van der Waals surface area (Å²) in [5.74, 6) is -1.63. The molecule has 0 radical (unpaired) electrons.